The number of benzene rings is 1. The molecule has 1 saturated heterocycles. The van der Waals surface area contributed by atoms with E-state index in [-0.39, 0.29) is 11.5 Å². The molecule has 0 aliphatic carbocycles. The SMILES string of the molecule is FC(F)(F)c1ccc2c(c1)C(N1CCOC(S)C1)CCN2. The summed E-state index contributed by atoms with van der Waals surface area (Å²) in [4.78, 5) is 2.17. The molecule has 0 bridgehead atoms. The summed E-state index contributed by atoms with van der Waals surface area (Å²) in [5.41, 5.74) is 0.744. The van der Waals surface area contributed by atoms with Crippen molar-refractivity contribution in [3.8, 4) is 0 Å². The fraction of sp³-hybridized carbons (Fsp3) is 0.571. The Kier molecular flexibility index (Phi) is 4.07. The van der Waals surface area contributed by atoms with Gasteiger partial charge in [0.1, 0.15) is 5.44 Å². The van der Waals surface area contributed by atoms with Gasteiger partial charge < -0.3 is 10.1 Å². The van der Waals surface area contributed by atoms with Crippen molar-refractivity contribution in [2.24, 2.45) is 0 Å². The standard InChI is InChI=1S/C14H17F3N2OS/c15-14(16,17)9-1-2-11-10(7-9)12(3-4-18-11)19-5-6-20-13(21)8-19/h1-2,7,12-13,18,21H,3-6,8H2. The Labute approximate surface area is 126 Å². The van der Waals surface area contributed by atoms with Crippen LogP contribution in [0.3, 0.4) is 0 Å². The highest BCUT2D eigenvalue weighted by Crippen LogP contribution is 2.39. The largest absolute Gasteiger partial charge is 0.416 e. The number of thiol groups is 1. The second-order valence-electron chi connectivity index (χ2n) is 5.35. The molecule has 2 aliphatic rings. The zero-order valence-electron chi connectivity index (χ0n) is 11.4. The van der Waals surface area contributed by atoms with Crippen molar-refractivity contribution in [1.82, 2.24) is 4.90 Å². The number of hydrogen-bond acceptors (Lipinski definition) is 4. The Bertz CT molecular complexity index is 523. The minimum absolute atomic E-state index is 0.0119. The topological polar surface area (TPSA) is 24.5 Å². The van der Waals surface area contributed by atoms with E-state index >= 15 is 0 Å². The summed E-state index contributed by atoms with van der Waals surface area (Å²) in [5, 5.41) is 3.18. The van der Waals surface area contributed by atoms with Gasteiger partial charge in [-0.05, 0) is 30.2 Å². The molecule has 7 heteroatoms. The maximum absolute atomic E-state index is 12.9. The van der Waals surface area contributed by atoms with E-state index in [4.69, 9.17) is 4.74 Å². The minimum Gasteiger partial charge on any atom is -0.385 e. The predicted molar refractivity (Wildman–Crippen MR) is 77.6 cm³/mol. The number of anilines is 1. The Hall–Kier alpha value is -0.920. The fourth-order valence-corrected chi connectivity index (χ4v) is 3.30. The molecule has 21 heavy (non-hydrogen) atoms. The van der Waals surface area contributed by atoms with Crippen LogP contribution in [0.15, 0.2) is 18.2 Å². The quantitative estimate of drug-likeness (QED) is 0.778. The van der Waals surface area contributed by atoms with Crippen molar-refractivity contribution < 1.29 is 17.9 Å². The van der Waals surface area contributed by atoms with Gasteiger partial charge in [0.2, 0.25) is 0 Å². The lowest BCUT2D eigenvalue weighted by Gasteiger charge is -2.40. The van der Waals surface area contributed by atoms with E-state index in [2.05, 4.69) is 22.8 Å². The molecular weight excluding hydrogens is 301 g/mol. The highest BCUT2D eigenvalue weighted by Gasteiger charge is 2.34. The van der Waals surface area contributed by atoms with Crippen molar-refractivity contribution in [1.29, 1.82) is 0 Å². The minimum atomic E-state index is -4.31. The molecule has 1 fully saturated rings. The molecule has 3 nitrogen and oxygen atoms in total. The third kappa shape index (κ3) is 3.14. The van der Waals surface area contributed by atoms with Gasteiger partial charge >= 0.3 is 6.18 Å². The molecule has 0 spiro atoms. The molecule has 2 heterocycles. The zero-order chi connectivity index (χ0) is 15.0. The fourth-order valence-electron chi connectivity index (χ4n) is 2.99. The van der Waals surface area contributed by atoms with E-state index in [1.807, 2.05) is 0 Å². The number of rotatable bonds is 1. The number of nitrogens with zero attached hydrogens (tertiary/aromatic N) is 1. The first-order valence-corrected chi connectivity index (χ1v) is 7.45. The normalized spacial score (nSPS) is 27.0. The van der Waals surface area contributed by atoms with Gasteiger partial charge in [0, 0.05) is 31.4 Å². The molecule has 0 saturated carbocycles. The summed E-state index contributed by atoms with van der Waals surface area (Å²) in [6.45, 7) is 2.67. The molecule has 0 amide bonds. The summed E-state index contributed by atoms with van der Waals surface area (Å²) >= 11 is 4.32. The van der Waals surface area contributed by atoms with Crippen molar-refractivity contribution in [2.75, 3.05) is 31.6 Å². The van der Waals surface area contributed by atoms with E-state index in [1.54, 1.807) is 0 Å². The van der Waals surface area contributed by atoms with E-state index in [0.29, 0.717) is 13.2 Å². The van der Waals surface area contributed by atoms with E-state index in [0.717, 1.165) is 36.8 Å². The van der Waals surface area contributed by atoms with Crippen molar-refractivity contribution in [3.05, 3.63) is 29.3 Å². The van der Waals surface area contributed by atoms with Crippen LogP contribution in [-0.4, -0.2) is 36.6 Å². The van der Waals surface area contributed by atoms with Crippen LogP contribution in [0.25, 0.3) is 0 Å². The number of morpholine rings is 1. The molecule has 1 aromatic carbocycles. The number of fused-ring (bicyclic) bond motifs is 1. The van der Waals surface area contributed by atoms with Crippen LogP contribution < -0.4 is 5.32 Å². The van der Waals surface area contributed by atoms with Gasteiger partial charge in [0.25, 0.3) is 0 Å². The number of ether oxygens (including phenoxy) is 1. The van der Waals surface area contributed by atoms with E-state index in [1.165, 1.54) is 12.1 Å². The van der Waals surface area contributed by atoms with Crippen LogP contribution in [0.2, 0.25) is 0 Å². The Morgan fingerprint density at radius 2 is 2.14 bits per heavy atom. The van der Waals surface area contributed by atoms with Gasteiger partial charge in [0.05, 0.1) is 12.2 Å². The summed E-state index contributed by atoms with van der Waals surface area (Å²) in [7, 11) is 0. The Morgan fingerprint density at radius 3 is 2.86 bits per heavy atom. The van der Waals surface area contributed by atoms with Crippen LogP contribution >= 0.6 is 12.6 Å². The molecule has 1 N–H and O–H groups in total. The lowest BCUT2D eigenvalue weighted by atomic mass is 9.94. The lowest BCUT2D eigenvalue weighted by Crippen LogP contribution is -2.43. The molecule has 0 aromatic heterocycles. The van der Waals surface area contributed by atoms with Crippen LogP contribution in [0.1, 0.15) is 23.6 Å². The highest BCUT2D eigenvalue weighted by atomic mass is 32.1. The summed E-state index contributed by atoms with van der Waals surface area (Å²) < 4.78 is 44.2. The highest BCUT2D eigenvalue weighted by molar-refractivity contribution is 7.80. The first-order valence-electron chi connectivity index (χ1n) is 6.94. The molecule has 1 aromatic rings. The number of halogens is 3. The van der Waals surface area contributed by atoms with Gasteiger partial charge in [-0.25, -0.2) is 0 Å². The average molecular weight is 318 g/mol. The zero-order valence-corrected chi connectivity index (χ0v) is 12.3. The van der Waals surface area contributed by atoms with Gasteiger partial charge in [-0.1, -0.05) is 0 Å². The summed E-state index contributed by atoms with van der Waals surface area (Å²) in [5.74, 6) is 0. The van der Waals surface area contributed by atoms with Crippen molar-refractivity contribution in [3.63, 3.8) is 0 Å². The van der Waals surface area contributed by atoms with Gasteiger partial charge in [-0.2, -0.15) is 13.2 Å². The molecular formula is C14H17F3N2OS. The van der Waals surface area contributed by atoms with Crippen LogP contribution in [0.5, 0.6) is 0 Å². The van der Waals surface area contributed by atoms with Gasteiger partial charge in [-0.3, -0.25) is 4.90 Å². The maximum Gasteiger partial charge on any atom is 0.416 e. The van der Waals surface area contributed by atoms with Crippen LogP contribution in [-0.2, 0) is 10.9 Å². The van der Waals surface area contributed by atoms with Crippen LogP contribution in [0, 0.1) is 0 Å². The molecule has 3 rings (SSSR count). The second-order valence-corrected chi connectivity index (χ2v) is 5.93. The molecule has 2 aliphatic heterocycles. The molecule has 2 atom stereocenters. The van der Waals surface area contributed by atoms with E-state index < -0.39 is 11.7 Å². The summed E-state index contributed by atoms with van der Waals surface area (Å²) in [6.07, 6.45) is -3.52. The number of alkyl halides is 3. The first-order chi connectivity index (χ1) is 9.95. The Balaban J connectivity index is 1.92. The van der Waals surface area contributed by atoms with Crippen molar-refractivity contribution >= 4 is 18.3 Å². The second kappa shape index (κ2) is 5.70. The smallest absolute Gasteiger partial charge is 0.385 e. The third-order valence-corrected chi connectivity index (χ3v) is 4.30. The predicted octanol–water partition coefficient (Wildman–Crippen LogP) is 3.15. The maximum atomic E-state index is 12.9. The third-order valence-electron chi connectivity index (χ3n) is 3.99. The van der Waals surface area contributed by atoms with E-state index in [9.17, 15) is 13.2 Å². The average Bonchev–Trinajstić information content (AvgIpc) is 2.45. The van der Waals surface area contributed by atoms with Crippen molar-refractivity contribution in [2.45, 2.75) is 24.1 Å². The number of hydrogen-bond donors (Lipinski definition) is 2. The molecule has 116 valence electrons. The summed E-state index contributed by atoms with van der Waals surface area (Å²) in [6, 6.07) is 3.93. The molecule has 0 radical (unpaired) electrons. The number of nitrogens with one attached hydrogen (secondary N) is 1. The Morgan fingerprint density at radius 1 is 1.33 bits per heavy atom. The monoisotopic (exact) mass is 318 g/mol. The lowest BCUT2D eigenvalue weighted by molar-refractivity contribution is -0.137. The van der Waals surface area contributed by atoms with Gasteiger partial charge in [0.15, 0.2) is 0 Å². The van der Waals surface area contributed by atoms with Gasteiger partial charge in [-0.15, -0.1) is 12.6 Å². The first kappa shape index (κ1) is 15.0. The molecule has 2 unspecified atom stereocenters. The van der Waals surface area contributed by atoms with Crippen LogP contribution in [0.4, 0.5) is 18.9 Å².